The first-order valence-corrected chi connectivity index (χ1v) is 8.03. The molecule has 23 heavy (non-hydrogen) atoms. The Morgan fingerprint density at radius 3 is 2.22 bits per heavy atom. The first kappa shape index (κ1) is 19.0. The summed E-state index contributed by atoms with van der Waals surface area (Å²) in [5.41, 5.74) is 0.112. The summed E-state index contributed by atoms with van der Waals surface area (Å²) in [6.07, 6.45) is 0.826. The van der Waals surface area contributed by atoms with Gasteiger partial charge in [0.05, 0.1) is 0 Å². The first-order valence-electron chi connectivity index (χ1n) is 8.03. The van der Waals surface area contributed by atoms with Crippen LogP contribution in [-0.2, 0) is 9.53 Å². The summed E-state index contributed by atoms with van der Waals surface area (Å²) < 4.78 is 5.25. The van der Waals surface area contributed by atoms with E-state index >= 15 is 0 Å². The maximum Gasteiger partial charge on any atom is 0.408 e. The van der Waals surface area contributed by atoms with Crippen LogP contribution in [0.3, 0.4) is 0 Å². The van der Waals surface area contributed by atoms with Crippen molar-refractivity contribution in [3.05, 3.63) is 30.3 Å². The molecular weight excluding hydrogens is 292 g/mol. The third-order valence-electron chi connectivity index (χ3n) is 3.08. The van der Waals surface area contributed by atoms with Crippen molar-refractivity contribution in [1.29, 1.82) is 0 Å². The van der Waals surface area contributed by atoms with Crippen molar-refractivity contribution in [3.8, 4) is 0 Å². The molecule has 0 aromatic heterocycles. The number of para-hydroxylation sites is 1. The van der Waals surface area contributed by atoms with Crippen molar-refractivity contribution in [3.63, 3.8) is 0 Å². The Bertz CT molecular complexity index is 507. The molecule has 1 aromatic rings. The Balaban J connectivity index is 2.70. The molecule has 0 saturated carbocycles. The molecule has 5 nitrogen and oxygen atoms in total. The van der Waals surface area contributed by atoms with Crippen LogP contribution in [-0.4, -0.2) is 23.6 Å². The molecule has 1 unspecified atom stereocenters. The van der Waals surface area contributed by atoms with Crippen LogP contribution >= 0.6 is 0 Å². The third kappa shape index (κ3) is 8.24. The van der Waals surface area contributed by atoms with E-state index in [4.69, 9.17) is 4.74 Å². The van der Waals surface area contributed by atoms with E-state index in [-0.39, 0.29) is 5.91 Å². The molecule has 128 valence electrons. The summed E-state index contributed by atoms with van der Waals surface area (Å²) in [5.74, 6) is 0.213. The van der Waals surface area contributed by atoms with Crippen LogP contribution in [0, 0.1) is 5.92 Å². The quantitative estimate of drug-likeness (QED) is 0.834. The predicted molar refractivity (Wildman–Crippen MR) is 92.3 cm³/mol. The molecule has 0 spiro atoms. The van der Waals surface area contributed by atoms with Gasteiger partial charge in [-0.05, 0) is 51.7 Å². The maximum atomic E-state index is 12.4. The van der Waals surface area contributed by atoms with Crippen LogP contribution in [0.2, 0.25) is 0 Å². The number of anilines is 1. The minimum Gasteiger partial charge on any atom is -0.444 e. The van der Waals surface area contributed by atoms with Gasteiger partial charge in [-0.2, -0.15) is 0 Å². The first-order chi connectivity index (χ1) is 10.7. The highest BCUT2D eigenvalue weighted by atomic mass is 16.6. The molecule has 5 heteroatoms. The lowest BCUT2D eigenvalue weighted by atomic mass is 10.0. The summed E-state index contributed by atoms with van der Waals surface area (Å²) >= 11 is 0. The van der Waals surface area contributed by atoms with Gasteiger partial charge in [0.1, 0.15) is 11.6 Å². The maximum absolute atomic E-state index is 12.4. The van der Waals surface area contributed by atoms with Crippen LogP contribution in [0.25, 0.3) is 0 Å². The van der Waals surface area contributed by atoms with Gasteiger partial charge in [0.2, 0.25) is 5.91 Å². The van der Waals surface area contributed by atoms with Gasteiger partial charge in [-0.3, -0.25) is 4.79 Å². The lowest BCUT2D eigenvalue weighted by molar-refractivity contribution is -0.118. The number of hydrogen-bond acceptors (Lipinski definition) is 3. The Morgan fingerprint density at radius 2 is 1.70 bits per heavy atom. The molecule has 0 heterocycles. The lowest BCUT2D eigenvalue weighted by Gasteiger charge is -2.23. The highest BCUT2D eigenvalue weighted by molar-refractivity contribution is 5.96. The third-order valence-corrected chi connectivity index (χ3v) is 3.08. The minimum atomic E-state index is -0.618. The van der Waals surface area contributed by atoms with Crippen molar-refractivity contribution in [2.45, 2.75) is 59.1 Å². The van der Waals surface area contributed by atoms with E-state index in [9.17, 15) is 9.59 Å². The van der Waals surface area contributed by atoms with Crippen LogP contribution in [0.4, 0.5) is 10.5 Å². The fourth-order valence-corrected chi connectivity index (χ4v) is 1.97. The monoisotopic (exact) mass is 320 g/mol. The normalized spacial score (nSPS) is 12.6. The zero-order valence-electron chi connectivity index (χ0n) is 14.7. The predicted octanol–water partition coefficient (Wildman–Crippen LogP) is 3.95. The van der Waals surface area contributed by atoms with Crippen molar-refractivity contribution >= 4 is 17.7 Å². The van der Waals surface area contributed by atoms with E-state index in [1.54, 1.807) is 20.8 Å². The van der Waals surface area contributed by atoms with Crippen LogP contribution in [0.5, 0.6) is 0 Å². The number of carbonyl (C=O) groups excluding carboxylic acids is 2. The Labute approximate surface area is 138 Å². The molecule has 0 aliphatic heterocycles. The number of alkyl carbamates (subject to hydrolysis) is 1. The second-order valence-electron chi connectivity index (χ2n) is 7.03. The second kappa shape index (κ2) is 8.56. The van der Waals surface area contributed by atoms with Crippen LogP contribution in [0.1, 0.15) is 47.5 Å². The Morgan fingerprint density at radius 1 is 1.09 bits per heavy atom. The lowest BCUT2D eigenvalue weighted by Crippen LogP contribution is -2.45. The smallest absolute Gasteiger partial charge is 0.408 e. The summed E-state index contributed by atoms with van der Waals surface area (Å²) in [7, 11) is 0. The Kier molecular flexibility index (Phi) is 7.07. The number of amides is 2. The highest BCUT2D eigenvalue weighted by Gasteiger charge is 2.24. The number of ether oxygens (including phenoxy) is 1. The van der Waals surface area contributed by atoms with E-state index in [0.29, 0.717) is 18.0 Å². The minimum absolute atomic E-state index is 0.234. The second-order valence-corrected chi connectivity index (χ2v) is 7.03. The fourth-order valence-electron chi connectivity index (χ4n) is 1.97. The zero-order chi connectivity index (χ0) is 17.5. The van der Waals surface area contributed by atoms with Gasteiger partial charge in [-0.15, -0.1) is 0 Å². The molecule has 0 aliphatic rings. The summed E-state index contributed by atoms with van der Waals surface area (Å²) in [4.78, 5) is 24.4. The molecule has 2 N–H and O–H groups in total. The van der Waals surface area contributed by atoms with E-state index in [1.807, 2.05) is 30.3 Å². The van der Waals surface area contributed by atoms with Gasteiger partial charge in [-0.1, -0.05) is 32.0 Å². The molecule has 1 aromatic carbocycles. The van der Waals surface area contributed by atoms with Crippen LogP contribution in [0.15, 0.2) is 30.3 Å². The molecule has 0 fully saturated rings. The largest absolute Gasteiger partial charge is 0.444 e. The Hall–Kier alpha value is -2.04. The number of nitrogens with one attached hydrogen (secondary N) is 2. The van der Waals surface area contributed by atoms with Gasteiger partial charge in [-0.25, -0.2) is 4.79 Å². The number of hydrogen-bond donors (Lipinski definition) is 2. The van der Waals surface area contributed by atoms with E-state index < -0.39 is 17.7 Å². The van der Waals surface area contributed by atoms with E-state index in [1.165, 1.54) is 0 Å². The summed E-state index contributed by atoms with van der Waals surface area (Å²) in [6, 6.07) is 8.58. The molecule has 0 bridgehead atoms. The van der Waals surface area contributed by atoms with Gasteiger partial charge < -0.3 is 15.4 Å². The highest BCUT2D eigenvalue weighted by Crippen LogP contribution is 2.12. The molecule has 0 aliphatic carbocycles. The van der Waals surface area contributed by atoms with Gasteiger partial charge in [0, 0.05) is 5.69 Å². The summed E-state index contributed by atoms with van der Waals surface area (Å²) in [6.45, 7) is 9.54. The average molecular weight is 320 g/mol. The SMILES string of the molecule is CC(C)CCC(NC(=O)OC(C)(C)C)C(=O)Nc1ccccc1. The average Bonchev–Trinajstić information content (AvgIpc) is 2.42. The topological polar surface area (TPSA) is 67.4 Å². The van der Waals surface area contributed by atoms with Gasteiger partial charge >= 0.3 is 6.09 Å². The molecule has 1 rings (SSSR count). The van der Waals surface area contributed by atoms with Crippen LogP contribution < -0.4 is 10.6 Å². The molecule has 2 amide bonds. The van der Waals surface area contributed by atoms with Crippen molar-refractivity contribution < 1.29 is 14.3 Å². The van der Waals surface area contributed by atoms with Gasteiger partial charge in [0.15, 0.2) is 0 Å². The van der Waals surface area contributed by atoms with Crippen molar-refractivity contribution in [2.24, 2.45) is 5.92 Å². The molecular formula is C18H28N2O3. The number of carbonyl (C=O) groups is 2. The van der Waals surface area contributed by atoms with E-state index in [0.717, 1.165) is 6.42 Å². The van der Waals surface area contributed by atoms with Crippen molar-refractivity contribution in [1.82, 2.24) is 5.32 Å². The number of benzene rings is 1. The summed E-state index contributed by atoms with van der Waals surface area (Å²) in [5, 5.41) is 5.50. The fraction of sp³-hybridized carbons (Fsp3) is 0.556. The van der Waals surface area contributed by atoms with E-state index in [2.05, 4.69) is 24.5 Å². The number of rotatable bonds is 6. The van der Waals surface area contributed by atoms with Crippen molar-refractivity contribution in [2.75, 3.05) is 5.32 Å². The zero-order valence-corrected chi connectivity index (χ0v) is 14.7. The molecule has 1 atom stereocenters. The van der Waals surface area contributed by atoms with Gasteiger partial charge in [0.25, 0.3) is 0 Å². The standard InChI is InChI=1S/C18H28N2O3/c1-13(2)11-12-15(20-17(22)23-18(3,4)5)16(21)19-14-9-7-6-8-10-14/h6-10,13,15H,11-12H2,1-5H3,(H,19,21)(H,20,22). The molecule has 0 radical (unpaired) electrons. The molecule has 0 saturated heterocycles.